The molecule has 0 atom stereocenters. The van der Waals surface area contributed by atoms with E-state index in [2.05, 4.69) is 31.4 Å². The van der Waals surface area contributed by atoms with Crippen molar-refractivity contribution in [3.8, 4) is 5.75 Å². The lowest BCUT2D eigenvalue weighted by Gasteiger charge is -2.17. The van der Waals surface area contributed by atoms with Crippen molar-refractivity contribution in [3.05, 3.63) is 44.2 Å². The summed E-state index contributed by atoms with van der Waals surface area (Å²) < 4.78 is 0. The minimum atomic E-state index is -0.653. The molecule has 2 rings (SSSR count). The quantitative estimate of drug-likeness (QED) is 0.559. The van der Waals surface area contributed by atoms with Crippen molar-refractivity contribution < 1.29 is 9.90 Å². The van der Waals surface area contributed by atoms with E-state index in [1.807, 2.05) is 0 Å². The van der Waals surface area contributed by atoms with E-state index in [1.54, 1.807) is 27.1 Å². The predicted octanol–water partition coefficient (Wildman–Crippen LogP) is 2.53. The summed E-state index contributed by atoms with van der Waals surface area (Å²) in [6.45, 7) is 8.79. The summed E-state index contributed by atoms with van der Waals surface area (Å²) in [5.41, 5.74) is -0.658. The van der Waals surface area contributed by atoms with Crippen molar-refractivity contribution in [1.82, 2.24) is 4.90 Å². The average Bonchev–Trinajstić information content (AvgIpc) is 2.57. The van der Waals surface area contributed by atoms with Gasteiger partial charge in [0.15, 0.2) is 5.75 Å². The molecule has 0 aliphatic carbocycles. The molecule has 0 aromatic heterocycles. The lowest BCUT2D eigenvalue weighted by atomic mass is 10.1. The molecular weight excluding hydrogens is 334 g/mol. The van der Waals surface area contributed by atoms with Gasteiger partial charge in [0.2, 0.25) is 0 Å². The molecule has 0 heterocycles. The second-order valence-electron chi connectivity index (χ2n) is 6.70. The highest BCUT2D eigenvalue weighted by Gasteiger charge is 2.22. The van der Waals surface area contributed by atoms with Crippen LogP contribution in [-0.4, -0.2) is 36.6 Å². The van der Waals surface area contributed by atoms with Gasteiger partial charge in [-0.2, -0.15) is 0 Å². The van der Waals surface area contributed by atoms with Crippen LogP contribution >= 0.6 is 0 Å². The first-order chi connectivity index (χ1) is 12.1. The number of hydrogen-bond donors (Lipinski definition) is 3. The third-order valence-corrected chi connectivity index (χ3v) is 3.20. The van der Waals surface area contributed by atoms with Crippen LogP contribution in [0.4, 0.5) is 17.1 Å². The van der Waals surface area contributed by atoms with Crippen LogP contribution in [0.2, 0.25) is 0 Å². The highest BCUT2D eigenvalue weighted by atomic mass is 16.3. The zero-order chi connectivity index (χ0) is 20.0. The number of benzene rings is 1. The van der Waals surface area contributed by atoms with Gasteiger partial charge in [0.05, 0.1) is 11.3 Å². The molecule has 0 saturated heterocycles. The first-order valence-electron chi connectivity index (χ1n) is 8.49. The minimum absolute atomic E-state index is 0.0941. The van der Waals surface area contributed by atoms with Gasteiger partial charge in [-0.15, -0.1) is 0 Å². The standard InChI is InChI=1S/C15H17N3O4.C4H10/c1-4-16-10-11(14(21)13(10)20)17-9-7-5-6-8(12(9)19)15(22)18(2)3;1-4(2)3/h5-7,16-17,19H,4H2,1-3H3;4H,1-3H3. The fourth-order valence-electron chi connectivity index (χ4n) is 2.05. The third-order valence-electron chi connectivity index (χ3n) is 3.20. The lowest BCUT2D eigenvalue weighted by molar-refractivity contribution is 0.0824. The van der Waals surface area contributed by atoms with Gasteiger partial charge in [0.25, 0.3) is 16.8 Å². The number of carbonyl (C=O) groups is 1. The number of phenols is 1. The Labute approximate surface area is 153 Å². The van der Waals surface area contributed by atoms with Gasteiger partial charge in [-0.05, 0) is 25.0 Å². The highest BCUT2D eigenvalue weighted by Crippen LogP contribution is 2.31. The predicted molar refractivity (Wildman–Crippen MR) is 105 cm³/mol. The fraction of sp³-hybridized carbons (Fsp3) is 0.421. The van der Waals surface area contributed by atoms with Crippen molar-refractivity contribution in [2.24, 2.45) is 5.92 Å². The molecule has 2 aromatic rings. The van der Waals surface area contributed by atoms with Crippen molar-refractivity contribution in [1.29, 1.82) is 0 Å². The topological polar surface area (TPSA) is 98.7 Å². The SMILES string of the molecule is CC(C)C.CCNc1c(Nc2cccc(C(=O)N(C)C)c2O)c(=O)c1=O. The van der Waals surface area contributed by atoms with Crippen LogP contribution in [0.1, 0.15) is 38.1 Å². The van der Waals surface area contributed by atoms with Gasteiger partial charge in [0, 0.05) is 20.6 Å². The van der Waals surface area contributed by atoms with Gasteiger partial charge in [-0.3, -0.25) is 14.4 Å². The molecule has 0 unspecified atom stereocenters. The molecule has 0 aliphatic heterocycles. The Hall–Kier alpha value is -2.83. The van der Waals surface area contributed by atoms with E-state index < -0.39 is 10.9 Å². The van der Waals surface area contributed by atoms with Crippen molar-refractivity contribution in [2.45, 2.75) is 27.7 Å². The summed E-state index contributed by atoms with van der Waals surface area (Å²) in [6, 6.07) is 4.59. The van der Waals surface area contributed by atoms with E-state index in [1.165, 1.54) is 17.0 Å². The summed E-state index contributed by atoms with van der Waals surface area (Å²) >= 11 is 0. The van der Waals surface area contributed by atoms with Crippen molar-refractivity contribution in [2.75, 3.05) is 31.3 Å². The average molecular weight is 361 g/mol. The Morgan fingerprint density at radius 1 is 1.12 bits per heavy atom. The molecule has 7 heteroatoms. The third kappa shape index (κ3) is 4.84. The van der Waals surface area contributed by atoms with Gasteiger partial charge >= 0.3 is 0 Å². The Kier molecular flexibility index (Phi) is 7.37. The van der Waals surface area contributed by atoms with Crippen LogP contribution < -0.4 is 21.5 Å². The Bertz CT molecular complexity index is 831. The number of aromatic hydroxyl groups is 1. The molecule has 0 radical (unpaired) electrons. The molecule has 26 heavy (non-hydrogen) atoms. The number of phenolic OH excluding ortho intramolecular Hbond substituents is 1. The zero-order valence-corrected chi connectivity index (χ0v) is 16.1. The molecule has 0 bridgehead atoms. The van der Waals surface area contributed by atoms with Crippen LogP contribution in [-0.2, 0) is 0 Å². The largest absolute Gasteiger partial charge is 0.505 e. The maximum absolute atomic E-state index is 12.0. The minimum Gasteiger partial charge on any atom is -0.505 e. The summed E-state index contributed by atoms with van der Waals surface area (Å²) in [4.78, 5) is 36.4. The molecule has 0 spiro atoms. The highest BCUT2D eigenvalue weighted by molar-refractivity contribution is 5.99. The number of amides is 1. The molecule has 142 valence electrons. The first-order valence-corrected chi connectivity index (χ1v) is 8.49. The molecule has 0 fully saturated rings. The zero-order valence-electron chi connectivity index (χ0n) is 16.1. The molecule has 0 aliphatic rings. The fourth-order valence-corrected chi connectivity index (χ4v) is 2.05. The molecule has 3 N–H and O–H groups in total. The van der Waals surface area contributed by atoms with E-state index in [-0.39, 0.29) is 34.3 Å². The number of para-hydroxylation sites is 1. The molecule has 0 saturated carbocycles. The smallest absolute Gasteiger partial charge is 0.257 e. The van der Waals surface area contributed by atoms with Crippen LogP contribution in [0.25, 0.3) is 0 Å². The van der Waals surface area contributed by atoms with E-state index in [9.17, 15) is 19.5 Å². The number of nitrogens with zero attached hydrogens (tertiary/aromatic N) is 1. The van der Waals surface area contributed by atoms with Crippen LogP contribution in [0.15, 0.2) is 27.8 Å². The normalized spacial score (nSPS) is 10.3. The monoisotopic (exact) mass is 361 g/mol. The van der Waals surface area contributed by atoms with Crippen LogP contribution in [0, 0.1) is 5.92 Å². The molecule has 7 nitrogen and oxygen atoms in total. The lowest BCUT2D eigenvalue weighted by Crippen LogP contribution is -2.36. The van der Waals surface area contributed by atoms with E-state index in [4.69, 9.17) is 0 Å². The molecule has 1 amide bonds. The van der Waals surface area contributed by atoms with Crippen molar-refractivity contribution in [3.63, 3.8) is 0 Å². The van der Waals surface area contributed by atoms with Gasteiger partial charge in [0.1, 0.15) is 11.4 Å². The Balaban J connectivity index is 0.000000765. The van der Waals surface area contributed by atoms with Crippen LogP contribution in [0.3, 0.4) is 0 Å². The first kappa shape index (κ1) is 21.2. The maximum atomic E-state index is 12.0. The summed E-state index contributed by atoms with van der Waals surface area (Å²) in [5.74, 6) is 0.203. The van der Waals surface area contributed by atoms with Gasteiger partial charge < -0.3 is 20.6 Å². The molecule has 2 aromatic carbocycles. The second-order valence-corrected chi connectivity index (χ2v) is 6.70. The summed E-state index contributed by atoms with van der Waals surface area (Å²) in [5, 5.41) is 15.7. The maximum Gasteiger partial charge on any atom is 0.257 e. The summed E-state index contributed by atoms with van der Waals surface area (Å²) in [7, 11) is 3.14. The van der Waals surface area contributed by atoms with Gasteiger partial charge in [-0.1, -0.05) is 26.8 Å². The number of rotatable bonds is 5. The van der Waals surface area contributed by atoms with E-state index in [0.717, 1.165) is 5.92 Å². The van der Waals surface area contributed by atoms with E-state index in [0.29, 0.717) is 6.54 Å². The summed E-state index contributed by atoms with van der Waals surface area (Å²) in [6.07, 6.45) is 0. The Morgan fingerprint density at radius 3 is 2.15 bits per heavy atom. The Morgan fingerprint density at radius 2 is 1.65 bits per heavy atom. The molecular formula is C19H27N3O4. The second kappa shape index (κ2) is 9.03. The van der Waals surface area contributed by atoms with Crippen molar-refractivity contribution >= 4 is 23.0 Å². The van der Waals surface area contributed by atoms with Gasteiger partial charge in [-0.25, -0.2) is 0 Å². The number of carbonyl (C=O) groups excluding carboxylic acids is 1. The number of nitrogens with one attached hydrogen (secondary N) is 2. The van der Waals surface area contributed by atoms with Crippen LogP contribution in [0.5, 0.6) is 5.75 Å². The number of anilines is 3. The van der Waals surface area contributed by atoms with E-state index >= 15 is 0 Å². The number of hydrogen-bond acceptors (Lipinski definition) is 6.